The summed E-state index contributed by atoms with van der Waals surface area (Å²) in [4.78, 5) is 37.9. The molecule has 2 aliphatic heterocycles. The van der Waals surface area contributed by atoms with Crippen molar-refractivity contribution in [1.29, 1.82) is 0 Å². The SMILES string of the molecule is CCOC(=O)C1=C(CN2CCC(C)(F)C(CN(C=O)c3ccc(C)c(C(F)(F)F)c3)C2)NC(c2nccs2)=N[C@H]1c1cccc(F)c1C. The molecule has 5 rings (SSSR count). The molecule has 0 bridgehead atoms. The number of hydrogen-bond acceptors (Lipinski definition) is 8. The number of aliphatic imine (C=N–C) groups is 1. The van der Waals surface area contributed by atoms with E-state index in [1.54, 1.807) is 37.6 Å². The van der Waals surface area contributed by atoms with Crippen LogP contribution in [0, 0.1) is 25.6 Å². The molecule has 0 aliphatic carbocycles. The van der Waals surface area contributed by atoms with Gasteiger partial charge in [0.1, 0.15) is 17.5 Å². The van der Waals surface area contributed by atoms with Crippen LogP contribution in [0.5, 0.6) is 0 Å². The number of aryl methyl sites for hydroxylation is 1. The van der Waals surface area contributed by atoms with Gasteiger partial charge in [-0.2, -0.15) is 13.2 Å². The summed E-state index contributed by atoms with van der Waals surface area (Å²) < 4.78 is 77.2. The third kappa shape index (κ3) is 7.44. The number of alkyl halides is 4. The monoisotopic (exact) mass is 689 g/mol. The van der Waals surface area contributed by atoms with E-state index in [0.29, 0.717) is 34.1 Å². The molecule has 3 aromatic rings. The highest BCUT2D eigenvalue weighted by Gasteiger charge is 2.42. The number of carbonyl (C=O) groups excluding carboxylic acids is 2. The lowest BCUT2D eigenvalue weighted by molar-refractivity contribution is -0.139. The standard InChI is InChI=1S/C34H36F5N5O3S/c1-5-47-32(46)28-27(41-30(31-40-12-14-48-31)42-29(28)24-7-6-8-26(35)21(24)3)18-43-13-11-33(4,36)22(16-43)17-44(19-45)23-10-9-20(2)25(15-23)34(37,38)39/h6-10,12,14-15,19,22,29H,5,11,13,16-18H2,1-4H3,(H,41,42)/t22?,29-,33?/m0/s1. The number of amidine groups is 1. The third-order valence-electron chi connectivity index (χ3n) is 8.89. The summed E-state index contributed by atoms with van der Waals surface area (Å²) >= 11 is 1.32. The second-order valence-electron chi connectivity index (χ2n) is 12.1. The van der Waals surface area contributed by atoms with Crippen molar-refractivity contribution >= 4 is 35.2 Å². The molecule has 14 heteroatoms. The number of esters is 1. The Morgan fingerprint density at radius 2 is 2.02 bits per heavy atom. The van der Waals surface area contributed by atoms with Crippen molar-refractivity contribution in [3.63, 3.8) is 0 Å². The van der Waals surface area contributed by atoms with Crippen LogP contribution in [-0.2, 0) is 20.5 Å². The highest BCUT2D eigenvalue weighted by atomic mass is 32.1. The average Bonchev–Trinajstić information content (AvgIpc) is 3.57. The topological polar surface area (TPSA) is 87.1 Å². The summed E-state index contributed by atoms with van der Waals surface area (Å²) in [6, 6.07) is 7.22. The zero-order valence-electron chi connectivity index (χ0n) is 26.9. The molecule has 2 unspecified atom stereocenters. The molecule has 3 atom stereocenters. The maximum absolute atomic E-state index is 16.0. The Balaban J connectivity index is 1.49. The lowest BCUT2D eigenvalue weighted by Gasteiger charge is -2.43. The van der Waals surface area contributed by atoms with Crippen molar-refractivity contribution in [3.05, 3.63) is 92.3 Å². The van der Waals surface area contributed by atoms with Gasteiger partial charge in [0.25, 0.3) is 0 Å². The molecule has 8 nitrogen and oxygen atoms in total. The summed E-state index contributed by atoms with van der Waals surface area (Å²) in [7, 11) is 0. The number of rotatable bonds is 10. The molecule has 1 saturated heterocycles. The van der Waals surface area contributed by atoms with Crippen molar-refractivity contribution in [1.82, 2.24) is 15.2 Å². The number of piperidine rings is 1. The quantitative estimate of drug-likeness (QED) is 0.148. The van der Waals surface area contributed by atoms with Gasteiger partial charge in [-0.3, -0.25) is 14.7 Å². The number of aromatic nitrogens is 1. The van der Waals surface area contributed by atoms with Crippen LogP contribution in [0.2, 0.25) is 0 Å². The predicted octanol–water partition coefficient (Wildman–Crippen LogP) is 6.54. The van der Waals surface area contributed by atoms with Gasteiger partial charge in [-0.05, 0) is 69.0 Å². The van der Waals surface area contributed by atoms with Gasteiger partial charge < -0.3 is 15.0 Å². The van der Waals surface area contributed by atoms with E-state index in [2.05, 4.69) is 10.3 Å². The first-order valence-corrected chi connectivity index (χ1v) is 16.3. The zero-order chi connectivity index (χ0) is 34.8. The number of benzene rings is 2. The first-order chi connectivity index (χ1) is 22.7. The molecular weight excluding hydrogens is 653 g/mol. The molecule has 1 aromatic heterocycles. The minimum atomic E-state index is -4.62. The van der Waals surface area contributed by atoms with E-state index in [9.17, 15) is 27.2 Å². The fourth-order valence-electron chi connectivity index (χ4n) is 6.09. The van der Waals surface area contributed by atoms with Crippen LogP contribution < -0.4 is 10.2 Å². The number of likely N-dealkylation sites (tertiary alicyclic amines) is 1. The second-order valence-corrected chi connectivity index (χ2v) is 13.0. The molecule has 0 saturated carbocycles. The Bertz CT molecular complexity index is 1720. The number of ether oxygens (including phenoxy) is 1. The van der Waals surface area contributed by atoms with Crippen molar-refractivity contribution < 1.29 is 36.3 Å². The first-order valence-electron chi connectivity index (χ1n) is 15.4. The number of nitrogens with one attached hydrogen (secondary N) is 1. The summed E-state index contributed by atoms with van der Waals surface area (Å²) in [5.74, 6) is -1.53. The fourth-order valence-corrected chi connectivity index (χ4v) is 6.68. The highest BCUT2D eigenvalue weighted by Crippen LogP contribution is 2.39. The van der Waals surface area contributed by atoms with Crippen molar-refractivity contribution in [3.8, 4) is 0 Å². The van der Waals surface area contributed by atoms with Gasteiger partial charge >= 0.3 is 12.1 Å². The number of thiazole rings is 1. The molecule has 1 amide bonds. The minimum absolute atomic E-state index is 0.00864. The number of anilines is 1. The van der Waals surface area contributed by atoms with Crippen LogP contribution in [0.3, 0.4) is 0 Å². The number of halogens is 5. The summed E-state index contributed by atoms with van der Waals surface area (Å²) in [5, 5.41) is 5.55. The Hall–Kier alpha value is -4.17. The van der Waals surface area contributed by atoms with E-state index < -0.39 is 41.2 Å². The zero-order valence-corrected chi connectivity index (χ0v) is 27.7. The highest BCUT2D eigenvalue weighted by molar-refractivity contribution is 7.11. The van der Waals surface area contributed by atoms with Crippen LogP contribution in [0.1, 0.15) is 53.6 Å². The van der Waals surface area contributed by atoms with E-state index in [1.165, 1.54) is 43.4 Å². The molecule has 0 radical (unpaired) electrons. The fraction of sp³-hybridized carbons (Fsp3) is 0.412. The number of nitrogens with zero attached hydrogens (tertiary/aromatic N) is 4. The Morgan fingerprint density at radius 3 is 2.69 bits per heavy atom. The molecule has 48 heavy (non-hydrogen) atoms. The van der Waals surface area contributed by atoms with Crippen LogP contribution >= 0.6 is 11.3 Å². The molecule has 2 aromatic carbocycles. The average molecular weight is 690 g/mol. The minimum Gasteiger partial charge on any atom is -0.463 e. The van der Waals surface area contributed by atoms with Crippen molar-refractivity contribution in [2.75, 3.05) is 37.7 Å². The smallest absolute Gasteiger partial charge is 0.416 e. The molecule has 2 aliphatic rings. The molecular formula is C34H36F5N5O3S. The second kappa shape index (κ2) is 14.1. The molecule has 256 valence electrons. The van der Waals surface area contributed by atoms with Gasteiger partial charge in [0.2, 0.25) is 6.41 Å². The Kier molecular flexibility index (Phi) is 10.3. The largest absolute Gasteiger partial charge is 0.463 e. The first kappa shape index (κ1) is 35.1. The predicted molar refractivity (Wildman–Crippen MR) is 173 cm³/mol. The maximum Gasteiger partial charge on any atom is 0.416 e. The maximum atomic E-state index is 16.0. The molecule has 1 fully saturated rings. The van der Waals surface area contributed by atoms with E-state index >= 15 is 4.39 Å². The van der Waals surface area contributed by atoms with Gasteiger partial charge in [0, 0.05) is 55.1 Å². The van der Waals surface area contributed by atoms with Crippen LogP contribution in [0.25, 0.3) is 0 Å². The van der Waals surface area contributed by atoms with Crippen LogP contribution in [0.4, 0.5) is 27.6 Å². The summed E-state index contributed by atoms with van der Waals surface area (Å²) in [6.07, 6.45) is -2.54. The summed E-state index contributed by atoms with van der Waals surface area (Å²) in [6.45, 7) is 6.44. The number of carbonyl (C=O) groups is 2. The van der Waals surface area contributed by atoms with Crippen molar-refractivity contribution in [2.24, 2.45) is 10.9 Å². The van der Waals surface area contributed by atoms with Gasteiger partial charge in [-0.25, -0.2) is 18.6 Å². The van der Waals surface area contributed by atoms with Gasteiger partial charge in [0.15, 0.2) is 10.8 Å². The van der Waals surface area contributed by atoms with Crippen LogP contribution in [-0.4, -0.2) is 66.6 Å². The lowest BCUT2D eigenvalue weighted by atomic mass is 9.83. The Morgan fingerprint density at radius 1 is 1.25 bits per heavy atom. The van der Waals surface area contributed by atoms with E-state index in [0.717, 1.165) is 11.0 Å². The van der Waals surface area contributed by atoms with Gasteiger partial charge in [0.05, 0.1) is 17.7 Å². The van der Waals surface area contributed by atoms with E-state index in [-0.39, 0.29) is 56.0 Å². The Labute approximate surface area is 279 Å². The molecule has 1 N–H and O–H groups in total. The third-order valence-corrected chi connectivity index (χ3v) is 9.67. The molecule has 0 spiro atoms. The van der Waals surface area contributed by atoms with E-state index in [4.69, 9.17) is 9.73 Å². The number of amides is 1. The van der Waals surface area contributed by atoms with Gasteiger partial charge in [-0.15, -0.1) is 11.3 Å². The van der Waals surface area contributed by atoms with Crippen LogP contribution in [0.15, 0.2) is 64.2 Å². The normalized spacial score (nSPS) is 21.8. The molecule has 3 heterocycles. The van der Waals surface area contributed by atoms with Crippen molar-refractivity contribution in [2.45, 2.75) is 52.0 Å². The lowest BCUT2D eigenvalue weighted by Crippen LogP contribution is -2.53. The van der Waals surface area contributed by atoms with Gasteiger partial charge in [-0.1, -0.05) is 18.2 Å². The number of hydrogen-bond donors (Lipinski definition) is 1. The van der Waals surface area contributed by atoms with E-state index in [1.807, 2.05) is 4.90 Å². The summed E-state index contributed by atoms with van der Waals surface area (Å²) in [5.41, 5.74) is -1.22.